The molecule has 0 spiro atoms. The Morgan fingerprint density at radius 1 is 1.14 bits per heavy atom. The zero-order valence-corrected chi connectivity index (χ0v) is 17.5. The van der Waals surface area contributed by atoms with Gasteiger partial charge in [-0.3, -0.25) is 10.1 Å². The van der Waals surface area contributed by atoms with Gasteiger partial charge in [-0.2, -0.15) is 0 Å². The van der Waals surface area contributed by atoms with Gasteiger partial charge in [-0.25, -0.2) is 9.38 Å². The minimum atomic E-state index is -0.396. The van der Waals surface area contributed by atoms with Gasteiger partial charge in [0.05, 0.1) is 10.6 Å². The van der Waals surface area contributed by atoms with E-state index in [0.29, 0.717) is 10.7 Å². The molecule has 152 valence electrons. The number of nitro groups is 1. The van der Waals surface area contributed by atoms with Gasteiger partial charge in [-0.1, -0.05) is 38.1 Å². The number of hydrogen-bond donors (Lipinski definition) is 0. The number of rotatable bonds is 7. The highest BCUT2D eigenvalue weighted by Crippen LogP contribution is 2.29. The summed E-state index contributed by atoms with van der Waals surface area (Å²) in [5, 5.41) is 13.1. The Balaban J connectivity index is 2.14. The molecule has 0 bridgehead atoms. The summed E-state index contributed by atoms with van der Waals surface area (Å²) in [4.78, 5) is 16.0. The molecule has 0 aliphatic carbocycles. The zero-order chi connectivity index (χ0) is 21.0. The van der Waals surface area contributed by atoms with Gasteiger partial charge >= 0.3 is 0 Å². The maximum atomic E-state index is 14.2. The SMILES string of the molecule is CC(C)CCC(C)n1c(-c2cccc([N+](=O)[O-])c2)csc1=Nc1ccccc1F. The normalized spacial score (nSPS) is 13.1. The number of hydrogen-bond acceptors (Lipinski definition) is 4. The summed E-state index contributed by atoms with van der Waals surface area (Å²) in [7, 11) is 0. The van der Waals surface area contributed by atoms with Gasteiger partial charge < -0.3 is 4.57 Å². The van der Waals surface area contributed by atoms with Crippen LogP contribution in [0.2, 0.25) is 0 Å². The summed E-state index contributed by atoms with van der Waals surface area (Å²) < 4.78 is 16.2. The molecule has 0 aliphatic heterocycles. The minimum absolute atomic E-state index is 0.0441. The van der Waals surface area contributed by atoms with Crippen LogP contribution in [0.15, 0.2) is 58.9 Å². The van der Waals surface area contributed by atoms with Crippen molar-refractivity contribution < 1.29 is 9.31 Å². The average Bonchev–Trinajstić information content (AvgIpc) is 3.11. The Bertz CT molecular complexity index is 1070. The van der Waals surface area contributed by atoms with Crippen LogP contribution in [-0.2, 0) is 0 Å². The first-order valence-corrected chi connectivity index (χ1v) is 10.5. The third-order valence-corrected chi connectivity index (χ3v) is 5.61. The first-order valence-electron chi connectivity index (χ1n) is 9.61. The molecule has 5 nitrogen and oxygen atoms in total. The third kappa shape index (κ3) is 4.98. The third-order valence-electron chi connectivity index (χ3n) is 4.77. The Hall–Kier alpha value is -2.80. The smallest absolute Gasteiger partial charge is 0.270 e. The Morgan fingerprint density at radius 3 is 2.59 bits per heavy atom. The molecule has 3 rings (SSSR count). The van der Waals surface area contributed by atoms with Crippen LogP contribution in [0.3, 0.4) is 0 Å². The zero-order valence-electron chi connectivity index (χ0n) is 16.7. The van der Waals surface area contributed by atoms with E-state index in [-0.39, 0.29) is 23.2 Å². The second-order valence-corrected chi connectivity index (χ2v) is 8.30. The van der Waals surface area contributed by atoms with Gasteiger partial charge in [0.25, 0.3) is 5.69 Å². The number of para-hydroxylation sites is 1. The van der Waals surface area contributed by atoms with E-state index in [1.54, 1.807) is 30.3 Å². The van der Waals surface area contributed by atoms with Crippen molar-refractivity contribution in [2.24, 2.45) is 10.9 Å². The molecule has 0 saturated carbocycles. The number of nitrogens with zero attached hydrogens (tertiary/aromatic N) is 3. The van der Waals surface area contributed by atoms with Crippen LogP contribution in [0.25, 0.3) is 11.3 Å². The van der Waals surface area contributed by atoms with Gasteiger partial charge in [0.2, 0.25) is 0 Å². The molecule has 2 aromatic carbocycles. The lowest BCUT2D eigenvalue weighted by atomic mass is 10.0. The van der Waals surface area contributed by atoms with E-state index in [4.69, 9.17) is 0 Å². The molecule has 0 fully saturated rings. The summed E-state index contributed by atoms with van der Waals surface area (Å²) in [5.74, 6) is 0.184. The van der Waals surface area contributed by atoms with Gasteiger partial charge in [-0.05, 0) is 37.8 Å². The molecule has 1 unspecified atom stereocenters. The highest BCUT2D eigenvalue weighted by atomic mass is 32.1. The number of nitro benzene ring substituents is 1. The molecule has 0 amide bonds. The molecule has 0 aliphatic rings. The highest BCUT2D eigenvalue weighted by molar-refractivity contribution is 7.07. The Labute approximate surface area is 173 Å². The van der Waals surface area contributed by atoms with Crippen LogP contribution in [0.5, 0.6) is 0 Å². The summed E-state index contributed by atoms with van der Waals surface area (Å²) in [6.45, 7) is 6.46. The molecule has 0 saturated heterocycles. The molecule has 7 heteroatoms. The van der Waals surface area contributed by atoms with Crippen molar-refractivity contribution >= 4 is 22.7 Å². The van der Waals surface area contributed by atoms with Crippen molar-refractivity contribution in [3.63, 3.8) is 0 Å². The van der Waals surface area contributed by atoms with Crippen LogP contribution in [0.4, 0.5) is 15.8 Å². The molecular weight excluding hydrogens is 389 g/mol. The van der Waals surface area contributed by atoms with Gasteiger partial charge in [0, 0.05) is 29.1 Å². The summed E-state index contributed by atoms with van der Waals surface area (Å²) in [6, 6.07) is 13.1. The number of benzene rings is 2. The average molecular weight is 414 g/mol. The van der Waals surface area contributed by atoms with Gasteiger partial charge in [0.15, 0.2) is 4.80 Å². The molecule has 1 atom stereocenters. The number of thiazole rings is 1. The lowest BCUT2D eigenvalue weighted by molar-refractivity contribution is -0.384. The quantitative estimate of drug-likeness (QED) is 0.328. The van der Waals surface area contributed by atoms with Crippen molar-refractivity contribution in [3.05, 3.63) is 74.6 Å². The van der Waals surface area contributed by atoms with Crippen LogP contribution in [-0.4, -0.2) is 9.49 Å². The number of non-ortho nitro benzene ring substituents is 1. The number of aromatic nitrogens is 1. The first kappa shape index (κ1) is 20.9. The van der Waals surface area contributed by atoms with E-state index < -0.39 is 4.92 Å². The van der Waals surface area contributed by atoms with E-state index in [9.17, 15) is 14.5 Å². The lowest BCUT2D eigenvalue weighted by Gasteiger charge is -2.18. The predicted octanol–water partition coefficient (Wildman–Crippen LogP) is 6.49. The van der Waals surface area contributed by atoms with Crippen LogP contribution in [0.1, 0.15) is 39.7 Å². The van der Waals surface area contributed by atoms with Crippen LogP contribution in [0, 0.1) is 21.8 Å². The lowest BCUT2D eigenvalue weighted by Crippen LogP contribution is -2.20. The molecular formula is C22H24FN3O2S. The highest BCUT2D eigenvalue weighted by Gasteiger charge is 2.17. The topological polar surface area (TPSA) is 60.4 Å². The largest absolute Gasteiger partial charge is 0.314 e. The summed E-state index contributed by atoms with van der Waals surface area (Å²) in [6.07, 6.45) is 1.97. The van der Waals surface area contributed by atoms with Crippen molar-refractivity contribution in [2.75, 3.05) is 0 Å². The fourth-order valence-corrected chi connectivity index (χ4v) is 4.18. The predicted molar refractivity (Wildman–Crippen MR) is 115 cm³/mol. The van der Waals surface area contributed by atoms with Crippen molar-refractivity contribution in [1.29, 1.82) is 0 Å². The van der Waals surface area contributed by atoms with Crippen molar-refractivity contribution in [3.8, 4) is 11.3 Å². The molecule has 3 aromatic rings. The molecule has 1 heterocycles. The van der Waals surface area contributed by atoms with E-state index >= 15 is 0 Å². The van der Waals surface area contributed by atoms with E-state index in [1.807, 2.05) is 11.4 Å². The van der Waals surface area contributed by atoms with Crippen molar-refractivity contribution in [2.45, 2.75) is 39.7 Å². The standard InChI is InChI=1S/C22H24FN3O2S/c1-15(2)11-12-16(3)25-21(17-7-6-8-18(13-17)26(27)28)14-29-22(25)24-20-10-5-4-9-19(20)23/h4-10,13-16H,11-12H2,1-3H3. The van der Waals surface area contributed by atoms with E-state index in [2.05, 4.69) is 30.3 Å². The fourth-order valence-electron chi connectivity index (χ4n) is 3.17. The molecule has 0 N–H and O–H groups in total. The van der Waals surface area contributed by atoms with Crippen molar-refractivity contribution in [1.82, 2.24) is 4.57 Å². The monoisotopic (exact) mass is 413 g/mol. The molecule has 1 aromatic heterocycles. The Morgan fingerprint density at radius 2 is 1.90 bits per heavy atom. The summed E-state index contributed by atoms with van der Waals surface area (Å²) >= 11 is 1.41. The van der Waals surface area contributed by atoms with Crippen LogP contribution >= 0.6 is 11.3 Å². The second kappa shape index (κ2) is 9.13. The molecule has 0 radical (unpaired) electrons. The van der Waals surface area contributed by atoms with E-state index in [0.717, 1.165) is 24.1 Å². The maximum Gasteiger partial charge on any atom is 0.270 e. The number of halogens is 1. The minimum Gasteiger partial charge on any atom is -0.314 e. The Kier molecular flexibility index (Phi) is 6.59. The first-order chi connectivity index (χ1) is 13.9. The van der Waals surface area contributed by atoms with Crippen LogP contribution < -0.4 is 4.80 Å². The maximum absolute atomic E-state index is 14.2. The fraction of sp³-hybridized carbons (Fsp3) is 0.318. The van der Waals surface area contributed by atoms with E-state index in [1.165, 1.54) is 23.5 Å². The van der Waals surface area contributed by atoms with Gasteiger partial charge in [0.1, 0.15) is 11.5 Å². The summed E-state index contributed by atoms with van der Waals surface area (Å²) in [5.41, 5.74) is 1.93. The molecule has 29 heavy (non-hydrogen) atoms. The van der Waals surface area contributed by atoms with Gasteiger partial charge in [-0.15, -0.1) is 11.3 Å². The second-order valence-electron chi connectivity index (χ2n) is 7.46.